The molecule has 1 aromatic heterocycles. The van der Waals surface area contributed by atoms with Crippen LogP contribution in [0.1, 0.15) is 50.2 Å². The first-order valence-electron chi connectivity index (χ1n) is 7.55. The summed E-state index contributed by atoms with van der Waals surface area (Å²) in [5.41, 5.74) is 7.23. The number of rotatable bonds is 4. The first-order chi connectivity index (χ1) is 9.56. The van der Waals surface area contributed by atoms with E-state index in [4.69, 9.17) is 5.73 Å². The van der Waals surface area contributed by atoms with Gasteiger partial charge in [-0.2, -0.15) is 0 Å². The quantitative estimate of drug-likeness (QED) is 0.686. The fourth-order valence-corrected chi connectivity index (χ4v) is 3.35. The minimum absolute atomic E-state index is 0.511. The van der Waals surface area contributed by atoms with E-state index in [0.29, 0.717) is 11.9 Å². The fraction of sp³-hybridized carbons (Fsp3) is 0.733. The smallest absolute Gasteiger partial charge is 0.191 e. The van der Waals surface area contributed by atoms with Gasteiger partial charge in [-0.3, -0.25) is 4.99 Å². The summed E-state index contributed by atoms with van der Waals surface area (Å²) >= 11 is 1.74. The Bertz CT molecular complexity index is 452. The van der Waals surface area contributed by atoms with E-state index in [1.807, 2.05) is 0 Å². The van der Waals surface area contributed by atoms with E-state index in [2.05, 4.69) is 41.0 Å². The number of piperidine rings is 1. The molecule has 0 saturated carbocycles. The van der Waals surface area contributed by atoms with Gasteiger partial charge in [0.1, 0.15) is 0 Å². The molecule has 1 aliphatic heterocycles. The molecule has 2 N–H and O–H groups in total. The molecule has 1 saturated heterocycles. The van der Waals surface area contributed by atoms with Crippen molar-refractivity contribution in [1.29, 1.82) is 0 Å². The van der Waals surface area contributed by atoms with Crippen LogP contribution in [-0.4, -0.2) is 35.5 Å². The topological polar surface area (TPSA) is 54.5 Å². The number of aromatic nitrogens is 1. The molecule has 4 nitrogen and oxygen atoms in total. The number of aliphatic imine (C=N–C) groups is 1. The number of thiazole rings is 1. The van der Waals surface area contributed by atoms with Crippen LogP contribution in [0.2, 0.25) is 0 Å². The van der Waals surface area contributed by atoms with Crippen LogP contribution in [0, 0.1) is 5.92 Å². The van der Waals surface area contributed by atoms with Crippen LogP contribution in [0.25, 0.3) is 0 Å². The maximum Gasteiger partial charge on any atom is 0.191 e. The molecule has 0 amide bonds. The highest BCUT2D eigenvalue weighted by Crippen LogP contribution is 2.19. The lowest BCUT2D eigenvalue weighted by atomic mass is 10.0. The Labute approximate surface area is 126 Å². The first kappa shape index (κ1) is 15.3. The van der Waals surface area contributed by atoms with Gasteiger partial charge in [0.05, 0.1) is 10.7 Å². The van der Waals surface area contributed by atoms with Crippen LogP contribution in [0.15, 0.2) is 10.4 Å². The Morgan fingerprint density at radius 3 is 3.05 bits per heavy atom. The molecule has 20 heavy (non-hydrogen) atoms. The van der Waals surface area contributed by atoms with Crippen molar-refractivity contribution >= 4 is 17.3 Å². The number of likely N-dealkylation sites (tertiary alicyclic amines) is 1. The Kier molecular flexibility index (Phi) is 5.40. The van der Waals surface area contributed by atoms with Crippen molar-refractivity contribution in [2.75, 3.05) is 19.6 Å². The van der Waals surface area contributed by atoms with E-state index in [0.717, 1.165) is 37.7 Å². The molecular formula is C15H26N4S. The molecule has 1 fully saturated rings. The number of nitrogens with zero attached hydrogens (tertiary/aromatic N) is 3. The Morgan fingerprint density at radius 1 is 1.60 bits per heavy atom. The van der Waals surface area contributed by atoms with Crippen molar-refractivity contribution in [2.24, 2.45) is 16.6 Å². The van der Waals surface area contributed by atoms with Gasteiger partial charge >= 0.3 is 0 Å². The van der Waals surface area contributed by atoms with Gasteiger partial charge in [0.2, 0.25) is 0 Å². The summed E-state index contributed by atoms with van der Waals surface area (Å²) in [6.07, 6.45) is 3.41. The van der Waals surface area contributed by atoms with Crippen molar-refractivity contribution in [2.45, 2.75) is 46.0 Å². The highest BCUT2D eigenvalue weighted by Gasteiger charge is 2.17. The van der Waals surface area contributed by atoms with E-state index < -0.39 is 0 Å². The van der Waals surface area contributed by atoms with E-state index in [1.165, 1.54) is 17.8 Å². The minimum atomic E-state index is 0.511. The summed E-state index contributed by atoms with van der Waals surface area (Å²) in [4.78, 5) is 11.4. The van der Waals surface area contributed by atoms with E-state index >= 15 is 0 Å². The van der Waals surface area contributed by atoms with Crippen LogP contribution >= 0.6 is 11.3 Å². The van der Waals surface area contributed by atoms with E-state index in [1.54, 1.807) is 11.3 Å². The zero-order chi connectivity index (χ0) is 14.5. The molecule has 0 radical (unpaired) electrons. The van der Waals surface area contributed by atoms with Crippen molar-refractivity contribution < 1.29 is 0 Å². The third-order valence-electron chi connectivity index (χ3n) is 3.69. The van der Waals surface area contributed by atoms with Gasteiger partial charge in [0.25, 0.3) is 0 Å². The fourth-order valence-electron chi connectivity index (χ4n) is 2.49. The van der Waals surface area contributed by atoms with Crippen LogP contribution in [0.4, 0.5) is 0 Å². The van der Waals surface area contributed by atoms with Gasteiger partial charge in [-0.25, -0.2) is 4.98 Å². The normalized spacial score (nSPS) is 20.7. The third-order valence-corrected chi connectivity index (χ3v) is 4.88. The molecule has 0 aliphatic carbocycles. The summed E-state index contributed by atoms with van der Waals surface area (Å²) in [5.74, 6) is 1.94. The summed E-state index contributed by atoms with van der Waals surface area (Å²) in [6.45, 7) is 9.46. The van der Waals surface area contributed by atoms with Crippen LogP contribution in [-0.2, 0) is 6.42 Å². The maximum atomic E-state index is 6.09. The molecule has 1 unspecified atom stereocenters. The summed E-state index contributed by atoms with van der Waals surface area (Å²) < 4.78 is 0. The molecule has 0 bridgehead atoms. The molecule has 1 aromatic rings. The Morgan fingerprint density at radius 2 is 2.40 bits per heavy atom. The van der Waals surface area contributed by atoms with E-state index in [9.17, 15) is 0 Å². The average Bonchev–Trinajstić information content (AvgIpc) is 2.87. The van der Waals surface area contributed by atoms with Gasteiger partial charge in [0.15, 0.2) is 5.96 Å². The number of hydrogen-bond acceptors (Lipinski definition) is 3. The first-order valence-corrected chi connectivity index (χ1v) is 8.43. The molecular weight excluding hydrogens is 268 g/mol. The van der Waals surface area contributed by atoms with Crippen LogP contribution in [0.5, 0.6) is 0 Å². The van der Waals surface area contributed by atoms with Crippen LogP contribution < -0.4 is 5.73 Å². The molecule has 1 atom stereocenters. The highest BCUT2D eigenvalue weighted by molar-refractivity contribution is 7.09. The second kappa shape index (κ2) is 7.07. The van der Waals surface area contributed by atoms with Gasteiger partial charge in [-0.15, -0.1) is 11.3 Å². The van der Waals surface area contributed by atoms with Gasteiger partial charge in [-0.05, 0) is 18.8 Å². The average molecular weight is 294 g/mol. The monoisotopic (exact) mass is 294 g/mol. The Hall–Kier alpha value is -1.10. The number of nitrogens with two attached hydrogens (primary N) is 1. The number of hydrogen-bond donors (Lipinski definition) is 1. The molecule has 112 valence electrons. The molecule has 2 heterocycles. The molecule has 1 aliphatic rings. The lowest BCUT2D eigenvalue weighted by Gasteiger charge is -2.31. The highest BCUT2D eigenvalue weighted by atomic mass is 32.1. The predicted octanol–water partition coefficient (Wildman–Crippen LogP) is 2.86. The minimum Gasteiger partial charge on any atom is -0.370 e. The molecule has 0 spiro atoms. The molecule has 0 aromatic carbocycles. The summed E-state index contributed by atoms with van der Waals surface area (Å²) in [7, 11) is 0. The zero-order valence-electron chi connectivity index (χ0n) is 12.8. The molecule has 2 rings (SSSR count). The molecule has 5 heteroatoms. The number of guanidine groups is 1. The van der Waals surface area contributed by atoms with E-state index in [-0.39, 0.29) is 0 Å². The SMILES string of the molecule is CC1CCCN(C(N)=NCCc2csc(C(C)C)n2)C1. The largest absolute Gasteiger partial charge is 0.370 e. The lowest BCUT2D eigenvalue weighted by molar-refractivity contribution is 0.270. The maximum absolute atomic E-state index is 6.09. The van der Waals surface area contributed by atoms with Crippen molar-refractivity contribution in [1.82, 2.24) is 9.88 Å². The Balaban J connectivity index is 1.82. The third kappa shape index (κ3) is 4.20. The zero-order valence-corrected chi connectivity index (χ0v) is 13.6. The predicted molar refractivity (Wildman–Crippen MR) is 86.4 cm³/mol. The standard InChI is InChI=1S/C15H26N4S/c1-11(2)14-18-13(10-20-14)6-7-17-15(16)19-8-4-5-12(3)9-19/h10-12H,4-9H2,1-3H3,(H2,16,17). The van der Waals surface area contributed by atoms with Crippen molar-refractivity contribution in [3.63, 3.8) is 0 Å². The van der Waals surface area contributed by atoms with Crippen molar-refractivity contribution in [3.8, 4) is 0 Å². The second-order valence-corrected chi connectivity index (χ2v) is 6.90. The van der Waals surface area contributed by atoms with Crippen molar-refractivity contribution in [3.05, 3.63) is 16.1 Å². The summed E-state index contributed by atoms with van der Waals surface area (Å²) in [5, 5.41) is 3.35. The summed E-state index contributed by atoms with van der Waals surface area (Å²) in [6, 6.07) is 0. The van der Waals surface area contributed by atoms with Gasteiger partial charge < -0.3 is 10.6 Å². The second-order valence-electron chi connectivity index (χ2n) is 6.02. The van der Waals surface area contributed by atoms with Gasteiger partial charge in [0, 0.05) is 37.4 Å². The van der Waals surface area contributed by atoms with Crippen LogP contribution in [0.3, 0.4) is 0 Å². The lowest BCUT2D eigenvalue weighted by Crippen LogP contribution is -2.43. The van der Waals surface area contributed by atoms with Gasteiger partial charge in [-0.1, -0.05) is 20.8 Å².